The largest absolute Gasteiger partial charge is 0.378 e. The number of pyridine rings is 1. The number of nitrogens with zero attached hydrogens (tertiary/aromatic N) is 5. The van der Waals surface area contributed by atoms with Crippen LogP contribution in [-0.2, 0) is 4.74 Å². The maximum absolute atomic E-state index is 5.47. The number of hydrogen-bond acceptors (Lipinski definition) is 7. The third kappa shape index (κ3) is 3.82. The maximum atomic E-state index is 5.47. The van der Waals surface area contributed by atoms with Crippen molar-refractivity contribution in [3.63, 3.8) is 0 Å². The highest BCUT2D eigenvalue weighted by molar-refractivity contribution is 5.89. The predicted molar refractivity (Wildman–Crippen MR) is 120 cm³/mol. The molecule has 7 heteroatoms. The summed E-state index contributed by atoms with van der Waals surface area (Å²) in [6.45, 7) is 6.50. The van der Waals surface area contributed by atoms with Crippen LogP contribution in [-0.4, -0.2) is 67.9 Å². The Balaban J connectivity index is 1.47. The first kappa shape index (κ1) is 19.2. The molecule has 2 aliphatic heterocycles. The van der Waals surface area contributed by atoms with Gasteiger partial charge in [0.2, 0.25) is 0 Å². The maximum Gasteiger partial charge on any atom is 0.157 e. The second-order valence-corrected chi connectivity index (χ2v) is 8.06. The normalized spacial score (nSPS) is 19.6. The number of aromatic nitrogens is 3. The minimum absolute atomic E-state index is 0.639. The summed E-state index contributed by atoms with van der Waals surface area (Å²) in [5, 5.41) is 3.30. The molecule has 5 rings (SSSR count). The van der Waals surface area contributed by atoms with Crippen molar-refractivity contribution in [2.24, 2.45) is 5.92 Å². The Bertz CT molecular complexity index is 1000. The molecule has 2 fully saturated rings. The fraction of sp³-hybridized carbons (Fsp3) is 0.435. The van der Waals surface area contributed by atoms with Gasteiger partial charge in [-0.2, -0.15) is 0 Å². The van der Waals surface area contributed by atoms with Crippen LogP contribution >= 0.6 is 0 Å². The highest BCUT2D eigenvalue weighted by Gasteiger charge is 2.25. The smallest absolute Gasteiger partial charge is 0.157 e. The fourth-order valence-corrected chi connectivity index (χ4v) is 4.47. The Hall–Kier alpha value is -2.77. The molecule has 0 aliphatic carbocycles. The summed E-state index contributed by atoms with van der Waals surface area (Å²) < 4.78 is 5.47. The highest BCUT2D eigenvalue weighted by atomic mass is 16.5. The van der Waals surface area contributed by atoms with Crippen molar-refractivity contribution < 1.29 is 4.74 Å². The number of nitrogens with one attached hydrogen (secondary N) is 1. The van der Waals surface area contributed by atoms with E-state index in [1.54, 1.807) is 12.4 Å². The summed E-state index contributed by atoms with van der Waals surface area (Å²) in [4.78, 5) is 19.0. The van der Waals surface area contributed by atoms with Crippen molar-refractivity contribution in [3.8, 4) is 11.3 Å². The van der Waals surface area contributed by atoms with E-state index in [2.05, 4.69) is 55.4 Å². The Morgan fingerprint density at radius 1 is 1.03 bits per heavy atom. The Morgan fingerprint density at radius 3 is 2.63 bits per heavy atom. The molecule has 3 aromatic rings. The summed E-state index contributed by atoms with van der Waals surface area (Å²) in [6, 6.07) is 10.7. The van der Waals surface area contributed by atoms with Gasteiger partial charge < -0.3 is 19.9 Å². The third-order valence-electron chi connectivity index (χ3n) is 6.06. The van der Waals surface area contributed by atoms with E-state index >= 15 is 0 Å². The van der Waals surface area contributed by atoms with E-state index in [0.717, 1.165) is 74.0 Å². The molecule has 0 amide bonds. The first-order valence-corrected chi connectivity index (χ1v) is 10.8. The number of benzene rings is 1. The molecule has 2 aromatic heterocycles. The van der Waals surface area contributed by atoms with Crippen molar-refractivity contribution in [2.45, 2.75) is 6.42 Å². The topological polar surface area (TPSA) is 66.4 Å². The van der Waals surface area contributed by atoms with E-state index in [9.17, 15) is 0 Å². The Labute approximate surface area is 177 Å². The number of hydrogen-bond donors (Lipinski definition) is 1. The lowest BCUT2D eigenvalue weighted by Crippen LogP contribution is -2.36. The lowest BCUT2D eigenvalue weighted by Gasteiger charge is -2.29. The van der Waals surface area contributed by atoms with Crippen molar-refractivity contribution in [3.05, 3.63) is 42.7 Å². The molecule has 0 saturated carbocycles. The van der Waals surface area contributed by atoms with Crippen LogP contribution in [0.5, 0.6) is 0 Å². The summed E-state index contributed by atoms with van der Waals surface area (Å²) >= 11 is 0. The van der Waals surface area contributed by atoms with Gasteiger partial charge in [0.25, 0.3) is 0 Å². The quantitative estimate of drug-likeness (QED) is 0.701. The predicted octanol–water partition coefficient (Wildman–Crippen LogP) is 2.57. The van der Waals surface area contributed by atoms with Gasteiger partial charge in [-0.15, -0.1) is 0 Å². The molecule has 2 aliphatic rings. The van der Waals surface area contributed by atoms with Gasteiger partial charge in [0.05, 0.1) is 24.4 Å². The average Bonchev–Trinajstić information content (AvgIpc) is 3.28. The van der Waals surface area contributed by atoms with Crippen molar-refractivity contribution in [1.82, 2.24) is 20.3 Å². The van der Waals surface area contributed by atoms with Gasteiger partial charge >= 0.3 is 0 Å². The lowest BCUT2D eigenvalue weighted by atomic mass is 10.1. The zero-order chi connectivity index (χ0) is 20.3. The zero-order valence-corrected chi connectivity index (χ0v) is 17.4. The van der Waals surface area contributed by atoms with Crippen LogP contribution in [0.4, 0.5) is 11.5 Å². The molecular formula is C23H28N6O. The van der Waals surface area contributed by atoms with E-state index in [1.165, 1.54) is 12.1 Å². The molecule has 30 heavy (non-hydrogen) atoms. The number of ether oxygens (including phenoxy) is 1. The van der Waals surface area contributed by atoms with E-state index in [-0.39, 0.29) is 0 Å². The van der Waals surface area contributed by atoms with Crippen LogP contribution in [0.25, 0.3) is 22.3 Å². The van der Waals surface area contributed by atoms with Crippen LogP contribution in [0, 0.1) is 5.92 Å². The van der Waals surface area contributed by atoms with E-state index < -0.39 is 0 Å². The first-order valence-electron chi connectivity index (χ1n) is 10.8. The van der Waals surface area contributed by atoms with Gasteiger partial charge in [-0.25, -0.2) is 9.97 Å². The van der Waals surface area contributed by atoms with E-state index in [4.69, 9.17) is 9.72 Å². The molecule has 1 aromatic carbocycles. The van der Waals surface area contributed by atoms with Crippen LogP contribution < -0.4 is 15.1 Å². The molecule has 0 unspecified atom stereocenters. The second kappa shape index (κ2) is 8.53. The van der Waals surface area contributed by atoms with Gasteiger partial charge in [0.1, 0.15) is 5.52 Å². The van der Waals surface area contributed by atoms with Gasteiger partial charge in [-0.1, -0.05) is 12.1 Å². The summed E-state index contributed by atoms with van der Waals surface area (Å²) in [5.41, 5.74) is 5.07. The van der Waals surface area contributed by atoms with E-state index in [1.807, 2.05) is 7.05 Å². The van der Waals surface area contributed by atoms with Gasteiger partial charge in [0, 0.05) is 49.8 Å². The van der Waals surface area contributed by atoms with Crippen molar-refractivity contribution >= 4 is 22.5 Å². The molecular weight excluding hydrogens is 376 g/mol. The average molecular weight is 405 g/mol. The second-order valence-electron chi connectivity index (χ2n) is 8.06. The molecule has 1 atom stereocenters. The number of fused-ring (bicyclic) bond motifs is 1. The number of rotatable bonds is 5. The molecule has 7 nitrogen and oxygen atoms in total. The third-order valence-corrected chi connectivity index (χ3v) is 6.06. The summed E-state index contributed by atoms with van der Waals surface area (Å²) in [5.74, 6) is 1.59. The molecule has 0 radical (unpaired) electrons. The summed E-state index contributed by atoms with van der Waals surface area (Å²) in [6.07, 6.45) is 4.68. The molecule has 2 saturated heterocycles. The standard InChI is InChI=1S/C23H28N6O/c1-24-15-17-6-9-29(16-17)23-22-21(25-7-8-26-22)14-20(27-23)18-2-4-19(5-3-18)28-10-12-30-13-11-28/h2-5,7-8,14,17,24H,6,9-13,15-16H2,1H3/t17-/m0/s1. The van der Waals surface area contributed by atoms with Crippen molar-refractivity contribution in [1.29, 1.82) is 0 Å². The lowest BCUT2D eigenvalue weighted by molar-refractivity contribution is 0.122. The van der Waals surface area contributed by atoms with Crippen LogP contribution in [0.3, 0.4) is 0 Å². The SMILES string of the molecule is CNC[C@@H]1CCN(c2nc(-c3ccc(N4CCOCC4)cc3)cc3nccnc23)C1. The molecule has 0 bridgehead atoms. The summed E-state index contributed by atoms with van der Waals surface area (Å²) in [7, 11) is 2.02. The van der Waals surface area contributed by atoms with Crippen molar-refractivity contribution in [2.75, 3.05) is 62.8 Å². The molecule has 156 valence electrons. The van der Waals surface area contributed by atoms with Gasteiger partial charge in [-0.3, -0.25) is 4.98 Å². The van der Waals surface area contributed by atoms with Gasteiger partial charge in [-0.05, 0) is 44.1 Å². The monoisotopic (exact) mass is 404 g/mol. The highest BCUT2D eigenvalue weighted by Crippen LogP contribution is 2.31. The van der Waals surface area contributed by atoms with E-state index in [0.29, 0.717) is 5.92 Å². The fourth-order valence-electron chi connectivity index (χ4n) is 4.47. The molecule has 4 heterocycles. The minimum Gasteiger partial charge on any atom is -0.378 e. The number of morpholine rings is 1. The first-order chi connectivity index (χ1) is 14.8. The number of anilines is 2. The zero-order valence-electron chi connectivity index (χ0n) is 17.4. The Morgan fingerprint density at radius 2 is 1.83 bits per heavy atom. The van der Waals surface area contributed by atoms with Crippen LogP contribution in [0.1, 0.15) is 6.42 Å². The Kier molecular flexibility index (Phi) is 5.46. The minimum atomic E-state index is 0.639. The molecule has 1 N–H and O–H groups in total. The molecule has 0 spiro atoms. The van der Waals surface area contributed by atoms with Crippen LogP contribution in [0.15, 0.2) is 42.7 Å². The van der Waals surface area contributed by atoms with Gasteiger partial charge in [0.15, 0.2) is 5.82 Å². The van der Waals surface area contributed by atoms with Crippen LogP contribution in [0.2, 0.25) is 0 Å².